The van der Waals surface area contributed by atoms with Gasteiger partial charge in [0.1, 0.15) is 0 Å². The number of hydrogen-bond acceptors (Lipinski definition) is 2. The lowest BCUT2D eigenvalue weighted by molar-refractivity contribution is -0.134. The zero-order valence-corrected chi connectivity index (χ0v) is 11.4. The largest absolute Gasteiger partial charge is 0.342 e. The summed E-state index contributed by atoms with van der Waals surface area (Å²) in [5.41, 5.74) is 0.503. The second-order valence-electron chi connectivity index (χ2n) is 5.74. The maximum atomic E-state index is 12.0. The van der Waals surface area contributed by atoms with Gasteiger partial charge in [0.25, 0.3) is 0 Å². The van der Waals surface area contributed by atoms with Gasteiger partial charge in [-0.3, -0.25) is 4.79 Å². The van der Waals surface area contributed by atoms with Crippen molar-refractivity contribution < 1.29 is 4.79 Å². The van der Waals surface area contributed by atoms with Crippen LogP contribution in [0.1, 0.15) is 20.8 Å². The van der Waals surface area contributed by atoms with E-state index in [1.807, 2.05) is 14.0 Å². The second kappa shape index (κ2) is 4.53. The van der Waals surface area contributed by atoms with Crippen LogP contribution in [0.25, 0.3) is 0 Å². The Hall–Kier alpha value is -0.280. The minimum Gasteiger partial charge on any atom is -0.342 e. The first-order valence-corrected chi connectivity index (χ1v) is 5.92. The quantitative estimate of drug-likeness (QED) is 0.816. The number of carbonyl (C=O) groups excluding carboxylic acids is 1. The van der Waals surface area contributed by atoms with Gasteiger partial charge >= 0.3 is 0 Å². The molecule has 1 saturated carbocycles. The van der Waals surface area contributed by atoms with E-state index in [1.165, 1.54) is 0 Å². The van der Waals surface area contributed by atoms with Gasteiger partial charge in [0, 0.05) is 25.6 Å². The molecule has 94 valence electrons. The van der Waals surface area contributed by atoms with E-state index < -0.39 is 0 Å². The Bertz CT molecular complexity index is 266. The number of hydrogen-bond donors (Lipinski definition) is 1. The number of fused-ring (bicyclic) bond motifs is 1. The standard InChI is InChI=1S/C12H22N2O.ClH/c1-8(5-13-4)11(15)14-6-9-10(7-14)12(9,2)3;/h8-10,13H,5-7H2,1-4H3;1H. The summed E-state index contributed by atoms with van der Waals surface area (Å²) in [6.07, 6.45) is 0. The van der Waals surface area contributed by atoms with Gasteiger partial charge in [0.2, 0.25) is 5.91 Å². The van der Waals surface area contributed by atoms with Gasteiger partial charge in [-0.25, -0.2) is 0 Å². The number of amides is 1. The lowest BCUT2D eigenvalue weighted by atomic mass is 10.0. The molecular weight excluding hydrogens is 224 g/mol. The van der Waals surface area contributed by atoms with Gasteiger partial charge in [-0.2, -0.15) is 0 Å². The van der Waals surface area contributed by atoms with Crippen molar-refractivity contribution in [2.75, 3.05) is 26.7 Å². The summed E-state index contributed by atoms with van der Waals surface area (Å²) >= 11 is 0. The Morgan fingerprint density at radius 2 is 1.94 bits per heavy atom. The molecule has 3 nitrogen and oxygen atoms in total. The maximum absolute atomic E-state index is 12.0. The number of piperidine rings is 1. The topological polar surface area (TPSA) is 32.3 Å². The third kappa shape index (κ3) is 2.07. The van der Waals surface area contributed by atoms with Gasteiger partial charge in [-0.05, 0) is 24.3 Å². The summed E-state index contributed by atoms with van der Waals surface area (Å²) < 4.78 is 0. The highest BCUT2D eigenvalue weighted by atomic mass is 35.5. The molecule has 1 aliphatic carbocycles. The van der Waals surface area contributed by atoms with Gasteiger partial charge in [-0.15, -0.1) is 12.4 Å². The molecule has 3 atom stereocenters. The summed E-state index contributed by atoms with van der Waals surface area (Å²) in [6.45, 7) is 9.42. The van der Waals surface area contributed by atoms with Crippen LogP contribution >= 0.6 is 12.4 Å². The molecular formula is C12H23ClN2O. The van der Waals surface area contributed by atoms with Crippen molar-refractivity contribution in [2.45, 2.75) is 20.8 Å². The maximum Gasteiger partial charge on any atom is 0.226 e. The van der Waals surface area contributed by atoms with E-state index in [0.29, 0.717) is 11.3 Å². The molecule has 1 saturated heterocycles. The minimum absolute atomic E-state index is 0. The highest BCUT2D eigenvalue weighted by Crippen LogP contribution is 2.61. The summed E-state index contributed by atoms with van der Waals surface area (Å²) in [7, 11) is 1.90. The molecule has 0 aromatic rings. The third-order valence-electron chi connectivity index (χ3n) is 4.37. The fourth-order valence-electron chi connectivity index (χ4n) is 3.02. The summed E-state index contributed by atoms with van der Waals surface area (Å²) in [6, 6.07) is 0. The highest BCUT2D eigenvalue weighted by molar-refractivity contribution is 5.85. The average molecular weight is 247 g/mol. The average Bonchev–Trinajstić information content (AvgIpc) is 2.60. The summed E-state index contributed by atoms with van der Waals surface area (Å²) in [5, 5.41) is 3.06. The number of halogens is 1. The lowest BCUT2D eigenvalue weighted by Crippen LogP contribution is -2.39. The van der Waals surface area contributed by atoms with E-state index in [2.05, 4.69) is 24.1 Å². The van der Waals surface area contributed by atoms with E-state index >= 15 is 0 Å². The van der Waals surface area contributed by atoms with Crippen LogP contribution in [0.2, 0.25) is 0 Å². The Labute approximate surface area is 104 Å². The molecule has 1 aliphatic heterocycles. The normalized spacial score (nSPS) is 31.6. The van der Waals surface area contributed by atoms with E-state index in [0.717, 1.165) is 31.5 Å². The van der Waals surface area contributed by atoms with Crippen molar-refractivity contribution in [2.24, 2.45) is 23.2 Å². The zero-order valence-electron chi connectivity index (χ0n) is 10.6. The van der Waals surface area contributed by atoms with Gasteiger partial charge in [-0.1, -0.05) is 20.8 Å². The van der Waals surface area contributed by atoms with Crippen LogP contribution < -0.4 is 5.32 Å². The van der Waals surface area contributed by atoms with Crippen molar-refractivity contribution >= 4 is 18.3 Å². The molecule has 0 bridgehead atoms. The highest BCUT2D eigenvalue weighted by Gasteiger charge is 2.62. The van der Waals surface area contributed by atoms with Crippen LogP contribution in [0, 0.1) is 23.2 Å². The Balaban J connectivity index is 0.00000128. The molecule has 0 spiro atoms. The van der Waals surface area contributed by atoms with Crippen LogP contribution in [0.15, 0.2) is 0 Å². The first-order valence-electron chi connectivity index (χ1n) is 5.92. The van der Waals surface area contributed by atoms with Crippen LogP contribution in [0.4, 0.5) is 0 Å². The molecule has 1 N–H and O–H groups in total. The SMILES string of the molecule is CNCC(C)C(=O)N1CC2C(C1)C2(C)C.Cl. The predicted molar refractivity (Wildman–Crippen MR) is 67.7 cm³/mol. The summed E-state index contributed by atoms with van der Waals surface area (Å²) in [5.74, 6) is 1.98. The van der Waals surface area contributed by atoms with Crippen LogP contribution in [-0.2, 0) is 4.79 Å². The molecule has 4 heteroatoms. The first kappa shape index (κ1) is 13.8. The number of nitrogens with one attached hydrogen (secondary N) is 1. The van der Waals surface area contributed by atoms with Gasteiger partial charge in [0.05, 0.1) is 0 Å². The molecule has 2 fully saturated rings. The van der Waals surface area contributed by atoms with E-state index in [4.69, 9.17) is 0 Å². The molecule has 0 aromatic heterocycles. The molecule has 1 amide bonds. The molecule has 2 rings (SSSR count). The molecule has 1 heterocycles. The Morgan fingerprint density at radius 3 is 2.38 bits per heavy atom. The third-order valence-corrected chi connectivity index (χ3v) is 4.37. The van der Waals surface area contributed by atoms with E-state index in [9.17, 15) is 4.79 Å². The fraction of sp³-hybridized carbons (Fsp3) is 0.917. The lowest BCUT2D eigenvalue weighted by Gasteiger charge is -2.25. The van der Waals surface area contributed by atoms with E-state index in [-0.39, 0.29) is 18.3 Å². The summed E-state index contributed by atoms with van der Waals surface area (Å²) in [4.78, 5) is 14.1. The van der Waals surface area contributed by atoms with Gasteiger partial charge < -0.3 is 10.2 Å². The Kier molecular flexibility index (Phi) is 3.91. The fourth-order valence-corrected chi connectivity index (χ4v) is 3.02. The monoisotopic (exact) mass is 246 g/mol. The number of carbonyl (C=O) groups is 1. The van der Waals surface area contributed by atoms with Crippen molar-refractivity contribution in [1.82, 2.24) is 10.2 Å². The predicted octanol–water partition coefficient (Wildman–Crippen LogP) is 1.38. The second-order valence-corrected chi connectivity index (χ2v) is 5.74. The zero-order chi connectivity index (χ0) is 11.2. The molecule has 2 aliphatic rings. The molecule has 3 unspecified atom stereocenters. The van der Waals surface area contributed by atoms with E-state index in [1.54, 1.807) is 0 Å². The van der Waals surface area contributed by atoms with Crippen LogP contribution in [0.3, 0.4) is 0 Å². The smallest absolute Gasteiger partial charge is 0.226 e. The number of likely N-dealkylation sites (tertiary alicyclic amines) is 1. The van der Waals surface area contributed by atoms with Crippen molar-refractivity contribution in [1.29, 1.82) is 0 Å². The van der Waals surface area contributed by atoms with Crippen molar-refractivity contribution in [3.8, 4) is 0 Å². The van der Waals surface area contributed by atoms with Gasteiger partial charge in [0.15, 0.2) is 0 Å². The van der Waals surface area contributed by atoms with Crippen molar-refractivity contribution in [3.63, 3.8) is 0 Å². The minimum atomic E-state index is 0. The van der Waals surface area contributed by atoms with Crippen molar-refractivity contribution in [3.05, 3.63) is 0 Å². The molecule has 0 aromatic carbocycles. The number of nitrogens with zero attached hydrogens (tertiary/aromatic N) is 1. The first-order chi connectivity index (χ1) is 6.98. The molecule has 16 heavy (non-hydrogen) atoms. The number of rotatable bonds is 3. The van der Waals surface area contributed by atoms with Crippen LogP contribution in [-0.4, -0.2) is 37.5 Å². The Morgan fingerprint density at radius 1 is 1.44 bits per heavy atom. The molecule has 0 radical (unpaired) electrons. The van der Waals surface area contributed by atoms with Crippen LogP contribution in [0.5, 0.6) is 0 Å².